The number of hydrogen-bond acceptors (Lipinski definition) is 3. The number of likely N-dealkylation sites (N-methyl/N-ethyl adjacent to an activating group) is 2. The van der Waals surface area contributed by atoms with Gasteiger partial charge in [0, 0.05) is 11.4 Å². The van der Waals surface area contributed by atoms with E-state index in [4.69, 9.17) is 11.6 Å². The minimum absolute atomic E-state index is 0.396. The fourth-order valence-electron chi connectivity index (χ4n) is 1.38. The Morgan fingerprint density at radius 3 is 2.64 bits per heavy atom. The van der Waals surface area contributed by atoms with Crippen molar-refractivity contribution in [3.8, 4) is 0 Å². The third-order valence-corrected chi connectivity index (χ3v) is 3.28. The molecule has 4 heteroatoms. The molecular formula is C10H17ClN2S. The Hall–Kier alpha value is -0.0900. The smallest absolute Gasteiger partial charge is 0.0931 e. The molecule has 0 aliphatic carbocycles. The first kappa shape index (κ1) is 12.0. The van der Waals surface area contributed by atoms with Crippen LogP contribution in [0.5, 0.6) is 0 Å². The van der Waals surface area contributed by atoms with Crippen molar-refractivity contribution in [1.82, 2.24) is 10.2 Å². The minimum Gasteiger partial charge on any atom is -0.308 e. The van der Waals surface area contributed by atoms with E-state index in [1.165, 1.54) is 4.88 Å². The molecule has 0 aliphatic rings. The Balaban J connectivity index is 2.66. The monoisotopic (exact) mass is 232 g/mol. The highest BCUT2D eigenvalue weighted by atomic mass is 35.5. The molecular weight excluding hydrogens is 216 g/mol. The van der Waals surface area contributed by atoms with Gasteiger partial charge in [-0.25, -0.2) is 0 Å². The number of nitrogens with one attached hydrogen (secondary N) is 1. The largest absolute Gasteiger partial charge is 0.308 e. The lowest BCUT2D eigenvalue weighted by Gasteiger charge is -2.20. The van der Waals surface area contributed by atoms with Gasteiger partial charge in [0.15, 0.2) is 0 Å². The maximum Gasteiger partial charge on any atom is 0.0931 e. The highest BCUT2D eigenvalue weighted by molar-refractivity contribution is 7.16. The highest BCUT2D eigenvalue weighted by Gasteiger charge is 2.12. The molecule has 1 aromatic heterocycles. The van der Waals surface area contributed by atoms with Gasteiger partial charge in [-0.2, -0.15) is 0 Å². The van der Waals surface area contributed by atoms with Crippen molar-refractivity contribution in [2.24, 2.45) is 0 Å². The van der Waals surface area contributed by atoms with Crippen molar-refractivity contribution in [2.75, 3.05) is 27.2 Å². The first-order valence-corrected chi connectivity index (χ1v) is 5.96. The van der Waals surface area contributed by atoms with Gasteiger partial charge in [0.2, 0.25) is 0 Å². The molecule has 0 radical (unpaired) electrons. The molecule has 1 heterocycles. The van der Waals surface area contributed by atoms with E-state index in [1.54, 1.807) is 11.3 Å². The van der Waals surface area contributed by atoms with Crippen LogP contribution in [0, 0.1) is 0 Å². The lowest BCUT2D eigenvalue weighted by Crippen LogP contribution is -2.30. The van der Waals surface area contributed by atoms with E-state index in [9.17, 15) is 0 Å². The number of halogens is 1. The molecule has 0 aromatic carbocycles. The summed E-state index contributed by atoms with van der Waals surface area (Å²) in [7, 11) is 4.17. The second-order valence-corrected chi connectivity index (χ2v) is 5.26. The van der Waals surface area contributed by atoms with E-state index in [-0.39, 0.29) is 0 Å². The van der Waals surface area contributed by atoms with Gasteiger partial charge in [-0.3, -0.25) is 0 Å². The zero-order valence-electron chi connectivity index (χ0n) is 8.88. The van der Waals surface area contributed by atoms with Gasteiger partial charge in [0.25, 0.3) is 0 Å². The summed E-state index contributed by atoms with van der Waals surface area (Å²) in [6.07, 6.45) is 0. The Bertz CT molecular complexity index is 273. The molecule has 0 spiro atoms. The first-order chi connectivity index (χ1) is 6.63. The van der Waals surface area contributed by atoms with Crippen LogP contribution in [0.2, 0.25) is 4.34 Å². The Morgan fingerprint density at radius 2 is 2.21 bits per heavy atom. The van der Waals surface area contributed by atoms with Crippen LogP contribution < -0.4 is 5.32 Å². The molecule has 0 aliphatic heterocycles. The molecule has 2 nitrogen and oxygen atoms in total. The highest BCUT2D eigenvalue weighted by Crippen LogP contribution is 2.27. The molecule has 14 heavy (non-hydrogen) atoms. The summed E-state index contributed by atoms with van der Waals surface area (Å²) in [4.78, 5) is 3.49. The summed E-state index contributed by atoms with van der Waals surface area (Å²) in [6.45, 7) is 4.11. The average molecular weight is 233 g/mol. The van der Waals surface area contributed by atoms with Gasteiger partial charge in [-0.05, 0) is 32.8 Å². The molecule has 1 aromatic rings. The molecule has 0 fully saturated rings. The predicted molar refractivity (Wildman–Crippen MR) is 64.3 cm³/mol. The Kier molecular flexibility index (Phi) is 4.89. The van der Waals surface area contributed by atoms with Crippen molar-refractivity contribution in [3.05, 3.63) is 21.3 Å². The summed E-state index contributed by atoms with van der Waals surface area (Å²) in [5.74, 6) is 0. The summed E-state index contributed by atoms with van der Waals surface area (Å²) >= 11 is 7.57. The summed E-state index contributed by atoms with van der Waals surface area (Å²) in [6, 6.07) is 4.46. The summed E-state index contributed by atoms with van der Waals surface area (Å²) < 4.78 is 0.863. The second-order valence-electron chi connectivity index (χ2n) is 3.51. The van der Waals surface area contributed by atoms with Crippen LogP contribution >= 0.6 is 22.9 Å². The molecule has 1 rings (SSSR count). The van der Waals surface area contributed by atoms with Crippen molar-refractivity contribution in [3.63, 3.8) is 0 Å². The van der Waals surface area contributed by atoms with Crippen LogP contribution in [-0.4, -0.2) is 32.1 Å². The molecule has 1 atom stereocenters. The molecule has 0 amide bonds. The quantitative estimate of drug-likeness (QED) is 0.840. The van der Waals surface area contributed by atoms with Gasteiger partial charge in [0.1, 0.15) is 0 Å². The zero-order valence-corrected chi connectivity index (χ0v) is 10.5. The van der Waals surface area contributed by atoms with Crippen LogP contribution in [-0.2, 0) is 0 Å². The lowest BCUT2D eigenvalue weighted by molar-refractivity contribution is 0.348. The van der Waals surface area contributed by atoms with Crippen molar-refractivity contribution >= 4 is 22.9 Å². The Morgan fingerprint density at radius 1 is 1.50 bits per heavy atom. The topological polar surface area (TPSA) is 15.3 Å². The average Bonchev–Trinajstić information content (AvgIpc) is 2.50. The van der Waals surface area contributed by atoms with Crippen LogP contribution in [0.15, 0.2) is 12.1 Å². The number of nitrogens with zero attached hydrogens (tertiary/aromatic N) is 1. The molecule has 80 valence electrons. The molecule has 0 bridgehead atoms. The summed E-state index contributed by atoms with van der Waals surface area (Å²) in [5, 5.41) is 3.45. The van der Waals surface area contributed by atoms with Crippen LogP contribution in [0.3, 0.4) is 0 Å². The third kappa shape index (κ3) is 3.58. The predicted octanol–water partition coefficient (Wildman–Crippen LogP) is 2.61. The van der Waals surface area contributed by atoms with E-state index in [0.717, 1.165) is 17.4 Å². The van der Waals surface area contributed by atoms with E-state index in [2.05, 4.69) is 37.3 Å². The zero-order chi connectivity index (χ0) is 10.6. The van der Waals surface area contributed by atoms with E-state index in [0.29, 0.717) is 6.04 Å². The van der Waals surface area contributed by atoms with E-state index < -0.39 is 0 Å². The van der Waals surface area contributed by atoms with Crippen LogP contribution in [0.25, 0.3) is 0 Å². The third-order valence-electron chi connectivity index (χ3n) is 1.94. The van der Waals surface area contributed by atoms with E-state index in [1.807, 2.05) is 6.07 Å². The lowest BCUT2D eigenvalue weighted by atomic mass is 10.2. The van der Waals surface area contributed by atoms with Crippen molar-refractivity contribution in [1.29, 1.82) is 0 Å². The standard InChI is InChI=1S/C10H17ClN2S/c1-4-12-8(7-13(2)3)9-5-6-10(11)14-9/h5-6,8,12H,4,7H2,1-3H3. The maximum atomic E-state index is 5.92. The first-order valence-electron chi connectivity index (χ1n) is 4.76. The summed E-state index contributed by atoms with van der Waals surface area (Å²) in [5.41, 5.74) is 0. The van der Waals surface area contributed by atoms with Gasteiger partial charge in [0.05, 0.1) is 10.4 Å². The van der Waals surface area contributed by atoms with Gasteiger partial charge in [-0.15, -0.1) is 11.3 Å². The fourth-order valence-corrected chi connectivity index (χ4v) is 2.51. The number of rotatable bonds is 5. The SMILES string of the molecule is CCNC(CN(C)C)c1ccc(Cl)s1. The van der Waals surface area contributed by atoms with Gasteiger partial charge >= 0.3 is 0 Å². The van der Waals surface area contributed by atoms with Crippen LogP contribution in [0.4, 0.5) is 0 Å². The Labute approximate surface area is 94.9 Å². The maximum absolute atomic E-state index is 5.92. The van der Waals surface area contributed by atoms with Gasteiger partial charge in [-0.1, -0.05) is 18.5 Å². The molecule has 1 N–H and O–H groups in total. The van der Waals surface area contributed by atoms with Crippen LogP contribution in [0.1, 0.15) is 17.8 Å². The normalized spacial score (nSPS) is 13.5. The number of thiophene rings is 1. The minimum atomic E-state index is 0.396. The second kappa shape index (κ2) is 5.71. The fraction of sp³-hybridized carbons (Fsp3) is 0.600. The molecule has 1 unspecified atom stereocenters. The van der Waals surface area contributed by atoms with Crippen molar-refractivity contribution < 1.29 is 0 Å². The van der Waals surface area contributed by atoms with Crippen molar-refractivity contribution in [2.45, 2.75) is 13.0 Å². The van der Waals surface area contributed by atoms with Gasteiger partial charge < -0.3 is 10.2 Å². The molecule has 0 saturated carbocycles. The number of hydrogen-bond donors (Lipinski definition) is 1. The van der Waals surface area contributed by atoms with E-state index >= 15 is 0 Å². The molecule has 0 saturated heterocycles.